The van der Waals surface area contributed by atoms with Gasteiger partial charge in [-0.05, 0) is 13.3 Å². The molecule has 0 atom stereocenters. The van der Waals surface area contributed by atoms with Crippen molar-refractivity contribution < 1.29 is 23.8 Å². The molecule has 1 rings (SSSR count). The van der Waals surface area contributed by atoms with Crippen LogP contribution in [0.1, 0.15) is 26.7 Å². The Bertz CT molecular complexity index is 243. The zero-order chi connectivity index (χ0) is 12.0. The number of hydrogen-bond acceptors (Lipinski definition) is 5. The number of ether oxygens (including phenoxy) is 3. The highest BCUT2D eigenvalue weighted by atomic mass is 16.7. The summed E-state index contributed by atoms with van der Waals surface area (Å²) in [5, 5.41) is 0. The number of aldehydes is 1. The molecule has 0 spiro atoms. The molecule has 0 aliphatic carbocycles. The molecule has 1 aliphatic heterocycles. The molecule has 16 heavy (non-hydrogen) atoms. The Labute approximate surface area is 95.0 Å². The second-order valence-electron chi connectivity index (χ2n) is 3.90. The Kier molecular flexibility index (Phi) is 4.89. The van der Waals surface area contributed by atoms with Crippen molar-refractivity contribution in [2.45, 2.75) is 32.5 Å². The number of carbonyl (C=O) groups is 2. The topological polar surface area (TPSA) is 61.8 Å². The first-order valence-electron chi connectivity index (χ1n) is 5.51. The first-order valence-corrected chi connectivity index (χ1v) is 5.51. The summed E-state index contributed by atoms with van der Waals surface area (Å²) in [4.78, 5) is 21.7. The predicted molar refractivity (Wildman–Crippen MR) is 55.7 cm³/mol. The normalized spacial score (nSPS) is 29.8. The van der Waals surface area contributed by atoms with Crippen molar-refractivity contribution in [3.05, 3.63) is 0 Å². The lowest BCUT2D eigenvalue weighted by atomic mass is 10.0. The minimum Gasteiger partial charge on any atom is -0.462 e. The van der Waals surface area contributed by atoms with E-state index >= 15 is 0 Å². The van der Waals surface area contributed by atoms with Gasteiger partial charge in [-0.15, -0.1) is 0 Å². The third-order valence-electron chi connectivity index (χ3n) is 2.53. The highest BCUT2D eigenvalue weighted by Crippen LogP contribution is 2.24. The van der Waals surface area contributed by atoms with Crippen LogP contribution in [0.3, 0.4) is 0 Å². The lowest BCUT2D eigenvalue weighted by Gasteiger charge is -2.35. The molecule has 1 heterocycles. The maximum absolute atomic E-state index is 11.5. The van der Waals surface area contributed by atoms with E-state index in [-0.39, 0.29) is 5.92 Å². The van der Waals surface area contributed by atoms with E-state index in [0.717, 1.165) is 12.7 Å². The van der Waals surface area contributed by atoms with E-state index in [9.17, 15) is 9.59 Å². The molecule has 0 saturated carbocycles. The number of rotatable bonds is 5. The van der Waals surface area contributed by atoms with Gasteiger partial charge in [0.05, 0.1) is 19.8 Å². The molecule has 0 bridgehead atoms. The van der Waals surface area contributed by atoms with E-state index in [0.29, 0.717) is 26.2 Å². The van der Waals surface area contributed by atoms with Gasteiger partial charge in [0.2, 0.25) is 0 Å². The fourth-order valence-corrected chi connectivity index (χ4v) is 1.49. The van der Waals surface area contributed by atoms with Gasteiger partial charge in [0.15, 0.2) is 0 Å². The monoisotopic (exact) mass is 230 g/mol. The van der Waals surface area contributed by atoms with Crippen LogP contribution in [0.25, 0.3) is 0 Å². The Morgan fingerprint density at radius 3 is 2.62 bits per heavy atom. The SMILES string of the molecule is CCOC(=O)C1(C)OCC(CCC=O)CO1. The van der Waals surface area contributed by atoms with Crippen LogP contribution in [0.15, 0.2) is 0 Å². The van der Waals surface area contributed by atoms with E-state index in [1.54, 1.807) is 13.8 Å². The zero-order valence-corrected chi connectivity index (χ0v) is 9.73. The van der Waals surface area contributed by atoms with Gasteiger partial charge in [0.1, 0.15) is 6.29 Å². The summed E-state index contributed by atoms with van der Waals surface area (Å²) in [6, 6.07) is 0. The van der Waals surface area contributed by atoms with Gasteiger partial charge in [-0.3, -0.25) is 0 Å². The van der Waals surface area contributed by atoms with Crippen molar-refractivity contribution in [1.82, 2.24) is 0 Å². The minimum absolute atomic E-state index is 0.174. The third kappa shape index (κ3) is 3.28. The van der Waals surface area contributed by atoms with Gasteiger partial charge in [0, 0.05) is 19.3 Å². The Morgan fingerprint density at radius 2 is 2.12 bits per heavy atom. The molecule has 5 heteroatoms. The van der Waals surface area contributed by atoms with Gasteiger partial charge < -0.3 is 19.0 Å². The van der Waals surface area contributed by atoms with Crippen molar-refractivity contribution >= 4 is 12.3 Å². The molecular formula is C11H18O5. The molecule has 0 N–H and O–H groups in total. The number of hydrogen-bond donors (Lipinski definition) is 0. The molecule has 5 nitrogen and oxygen atoms in total. The van der Waals surface area contributed by atoms with Gasteiger partial charge >= 0.3 is 5.97 Å². The second kappa shape index (κ2) is 5.96. The van der Waals surface area contributed by atoms with Gasteiger partial charge in [-0.25, -0.2) is 4.79 Å². The minimum atomic E-state index is -1.28. The summed E-state index contributed by atoms with van der Waals surface area (Å²) in [7, 11) is 0. The van der Waals surface area contributed by atoms with E-state index < -0.39 is 11.8 Å². The van der Waals surface area contributed by atoms with Crippen LogP contribution < -0.4 is 0 Å². The maximum atomic E-state index is 11.5. The van der Waals surface area contributed by atoms with Crippen LogP contribution >= 0.6 is 0 Å². The average molecular weight is 230 g/mol. The van der Waals surface area contributed by atoms with E-state index in [1.807, 2.05) is 0 Å². The smallest absolute Gasteiger partial charge is 0.366 e. The molecular weight excluding hydrogens is 212 g/mol. The van der Waals surface area contributed by atoms with Gasteiger partial charge in [-0.2, -0.15) is 0 Å². The molecule has 1 aliphatic rings. The van der Waals surface area contributed by atoms with Crippen LogP contribution in [-0.4, -0.2) is 37.9 Å². The van der Waals surface area contributed by atoms with Crippen LogP contribution in [0.5, 0.6) is 0 Å². The van der Waals surface area contributed by atoms with Crippen molar-refractivity contribution in [3.63, 3.8) is 0 Å². The molecule has 0 aromatic heterocycles. The summed E-state index contributed by atoms with van der Waals surface area (Å²) < 4.78 is 15.6. The van der Waals surface area contributed by atoms with Crippen molar-refractivity contribution in [3.8, 4) is 0 Å². The maximum Gasteiger partial charge on any atom is 0.366 e. The summed E-state index contributed by atoms with van der Waals surface area (Å²) >= 11 is 0. The molecule has 92 valence electrons. The van der Waals surface area contributed by atoms with Gasteiger partial charge in [-0.1, -0.05) is 0 Å². The lowest BCUT2D eigenvalue weighted by molar-refractivity contribution is -0.273. The first kappa shape index (κ1) is 13.1. The Hall–Kier alpha value is -0.940. The van der Waals surface area contributed by atoms with E-state index in [2.05, 4.69) is 0 Å². The fourth-order valence-electron chi connectivity index (χ4n) is 1.49. The predicted octanol–water partition coefficient (Wildman–Crippen LogP) is 0.908. The summed E-state index contributed by atoms with van der Waals surface area (Å²) in [6.45, 7) is 4.43. The summed E-state index contributed by atoms with van der Waals surface area (Å²) in [6.07, 6.45) is 2.09. The molecule has 0 aromatic carbocycles. The summed E-state index contributed by atoms with van der Waals surface area (Å²) in [5.41, 5.74) is 0. The third-order valence-corrected chi connectivity index (χ3v) is 2.53. The summed E-state index contributed by atoms with van der Waals surface area (Å²) in [5.74, 6) is -1.61. The molecule has 0 amide bonds. The highest BCUT2D eigenvalue weighted by molar-refractivity contribution is 5.77. The van der Waals surface area contributed by atoms with Crippen molar-refractivity contribution in [2.75, 3.05) is 19.8 Å². The van der Waals surface area contributed by atoms with E-state index in [1.165, 1.54) is 0 Å². The highest BCUT2D eigenvalue weighted by Gasteiger charge is 2.41. The van der Waals surface area contributed by atoms with Crippen LogP contribution in [0.4, 0.5) is 0 Å². The molecule has 0 unspecified atom stereocenters. The van der Waals surface area contributed by atoms with E-state index in [4.69, 9.17) is 14.2 Å². The second-order valence-corrected chi connectivity index (χ2v) is 3.90. The quantitative estimate of drug-likeness (QED) is 0.519. The fraction of sp³-hybridized carbons (Fsp3) is 0.818. The van der Waals surface area contributed by atoms with Gasteiger partial charge in [0.25, 0.3) is 5.79 Å². The van der Waals surface area contributed by atoms with Crippen LogP contribution in [0, 0.1) is 5.92 Å². The number of esters is 1. The molecule has 0 radical (unpaired) electrons. The largest absolute Gasteiger partial charge is 0.462 e. The van der Waals surface area contributed by atoms with Crippen molar-refractivity contribution in [2.24, 2.45) is 5.92 Å². The standard InChI is InChI=1S/C11H18O5/c1-3-14-10(13)11(2)15-7-9(8-16-11)5-4-6-12/h6,9H,3-5,7-8H2,1-2H3. The lowest BCUT2D eigenvalue weighted by Crippen LogP contribution is -2.48. The molecule has 0 aromatic rings. The number of carbonyl (C=O) groups excluding carboxylic acids is 2. The first-order chi connectivity index (χ1) is 7.62. The Morgan fingerprint density at radius 1 is 1.50 bits per heavy atom. The van der Waals surface area contributed by atoms with Crippen LogP contribution in [0.2, 0.25) is 0 Å². The Balaban J connectivity index is 2.40. The molecule has 1 saturated heterocycles. The van der Waals surface area contributed by atoms with Crippen molar-refractivity contribution in [1.29, 1.82) is 0 Å². The van der Waals surface area contributed by atoms with Crippen LogP contribution in [-0.2, 0) is 23.8 Å². The zero-order valence-electron chi connectivity index (χ0n) is 9.73. The average Bonchev–Trinajstić information content (AvgIpc) is 2.29. The molecule has 1 fully saturated rings.